The summed E-state index contributed by atoms with van der Waals surface area (Å²) in [5.74, 6) is 0. The molecule has 0 aromatic heterocycles. The van der Waals surface area contributed by atoms with Crippen molar-refractivity contribution in [2.24, 2.45) is 0 Å². The van der Waals surface area contributed by atoms with Gasteiger partial charge in [-0.2, -0.15) is 0 Å². The van der Waals surface area contributed by atoms with Gasteiger partial charge in [0.15, 0.2) is 16.3 Å². The second-order valence-corrected chi connectivity index (χ2v) is 3.74. The molecular formula is C6H15AlO3. The van der Waals surface area contributed by atoms with E-state index in [1.54, 1.807) is 0 Å². The highest BCUT2D eigenvalue weighted by molar-refractivity contribution is 6.14. The summed E-state index contributed by atoms with van der Waals surface area (Å²) in [7, 11) is 0. The van der Waals surface area contributed by atoms with E-state index in [2.05, 4.69) is 16.3 Å². The highest BCUT2D eigenvalue weighted by atomic mass is 27.0. The van der Waals surface area contributed by atoms with E-state index in [1.807, 2.05) is 0 Å². The molecule has 1 saturated carbocycles. The van der Waals surface area contributed by atoms with Crippen LogP contribution in [0.25, 0.3) is 0 Å². The van der Waals surface area contributed by atoms with E-state index in [0.29, 0.717) is 0 Å². The fourth-order valence-corrected chi connectivity index (χ4v) is 1.57. The summed E-state index contributed by atoms with van der Waals surface area (Å²) in [6, 6.07) is 0. The lowest BCUT2D eigenvalue weighted by Gasteiger charge is -2.28. The van der Waals surface area contributed by atoms with Crippen LogP contribution in [0.1, 0.15) is 32.1 Å². The lowest BCUT2D eigenvalue weighted by Crippen LogP contribution is -2.31. The predicted octanol–water partition coefficient (Wildman–Crippen LogP) is -0.842. The Morgan fingerprint density at radius 3 is 1.60 bits per heavy atom. The van der Waals surface area contributed by atoms with Gasteiger partial charge >= 0.3 is 0 Å². The van der Waals surface area contributed by atoms with Crippen LogP contribution in [0.4, 0.5) is 0 Å². The van der Waals surface area contributed by atoms with Crippen molar-refractivity contribution < 1.29 is 16.1 Å². The van der Waals surface area contributed by atoms with Crippen LogP contribution in [0, 0.1) is 0 Å². The summed E-state index contributed by atoms with van der Waals surface area (Å²) >= 11 is 2.52. The molecule has 0 heterocycles. The summed E-state index contributed by atoms with van der Waals surface area (Å²) in [5, 5.41) is 9.34. The van der Waals surface area contributed by atoms with Gasteiger partial charge in [-0.3, -0.25) is 0 Å². The zero-order chi connectivity index (χ0) is 6.04. The molecule has 4 heteroatoms. The molecule has 1 aliphatic carbocycles. The monoisotopic (exact) mass is 162 g/mol. The maximum atomic E-state index is 9.34. The van der Waals surface area contributed by atoms with Gasteiger partial charge in [-0.05, 0) is 17.3 Å². The average molecular weight is 162 g/mol. The molecule has 0 amide bonds. The molecule has 3 nitrogen and oxygen atoms in total. The van der Waals surface area contributed by atoms with Crippen LogP contribution in [0.3, 0.4) is 0 Å². The van der Waals surface area contributed by atoms with E-state index in [9.17, 15) is 5.11 Å². The standard InChI is InChI=1S/C6H11O.Al.2H2O/c7-6-4-2-1-3-5-6;;;/h7H,1-5H2;;2*1H2. The van der Waals surface area contributed by atoms with E-state index in [4.69, 9.17) is 0 Å². The largest absolute Gasteiger partial charge is 0.412 e. The van der Waals surface area contributed by atoms with Crippen molar-refractivity contribution in [3.63, 3.8) is 0 Å². The first-order valence-corrected chi connectivity index (χ1v) is 3.80. The molecule has 0 bridgehead atoms. The van der Waals surface area contributed by atoms with Gasteiger partial charge in [0.2, 0.25) is 0 Å². The van der Waals surface area contributed by atoms with E-state index in [-0.39, 0.29) is 11.0 Å². The lowest BCUT2D eigenvalue weighted by molar-refractivity contribution is 0.0857. The minimum atomic E-state index is -0.405. The molecule has 0 unspecified atom stereocenters. The maximum absolute atomic E-state index is 9.34. The fourth-order valence-electron chi connectivity index (χ4n) is 1.16. The molecule has 0 aromatic carbocycles. The molecule has 60 valence electrons. The average Bonchev–Trinajstić information content (AvgIpc) is 1.65. The van der Waals surface area contributed by atoms with Crippen LogP contribution in [-0.2, 0) is 0 Å². The van der Waals surface area contributed by atoms with Gasteiger partial charge in [-0.25, -0.2) is 0 Å². The molecule has 10 heavy (non-hydrogen) atoms. The van der Waals surface area contributed by atoms with Crippen LogP contribution >= 0.6 is 0 Å². The Hall–Kier alpha value is 0.412. The molecule has 1 aliphatic rings. The van der Waals surface area contributed by atoms with Crippen molar-refractivity contribution in [2.45, 2.75) is 36.6 Å². The Morgan fingerprint density at radius 1 is 1.00 bits per heavy atom. The minimum Gasteiger partial charge on any atom is -0.412 e. The Morgan fingerprint density at radius 2 is 1.40 bits per heavy atom. The lowest BCUT2D eigenvalue weighted by atomic mass is 9.97. The van der Waals surface area contributed by atoms with Crippen molar-refractivity contribution in [2.75, 3.05) is 0 Å². The molecular weight excluding hydrogens is 147 g/mol. The van der Waals surface area contributed by atoms with Crippen molar-refractivity contribution in [3.8, 4) is 0 Å². The smallest absolute Gasteiger partial charge is 0.176 e. The Labute approximate surface area is 69.5 Å². The van der Waals surface area contributed by atoms with Crippen molar-refractivity contribution >= 4 is 16.3 Å². The molecule has 5 N–H and O–H groups in total. The Balaban J connectivity index is 0. The van der Waals surface area contributed by atoms with E-state index in [1.165, 1.54) is 19.3 Å². The molecule has 0 spiro atoms. The number of aliphatic hydroxyl groups is 1. The Bertz CT molecular complexity index is 77.1. The van der Waals surface area contributed by atoms with Gasteiger partial charge < -0.3 is 16.1 Å². The predicted molar refractivity (Wildman–Crippen MR) is 41.0 cm³/mol. The van der Waals surface area contributed by atoms with E-state index in [0.717, 1.165) is 12.8 Å². The third-order valence-electron chi connectivity index (χ3n) is 1.72. The zero-order valence-corrected chi connectivity index (χ0v) is 7.21. The number of hydrogen-bond donors (Lipinski definition) is 1. The van der Waals surface area contributed by atoms with Crippen molar-refractivity contribution in [1.82, 2.24) is 0 Å². The summed E-state index contributed by atoms with van der Waals surface area (Å²) in [6.07, 6.45) is 5.63. The molecule has 1 fully saturated rings. The van der Waals surface area contributed by atoms with Crippen LogP contribution < -0.4 is 0 Å². The van der Waals surface area contributed by atoms with Crippen LogP contribution in [-0.4, -0.2) is 36.8 Å². The quantitative estimate of drug-likeness (QED) is 0.463. The molecule has 2 radical (unpaired) electrons. The first-order valence-electron chi connectivity index (χ1n) is 3.22. The summed E-state index contributed by atoms with van der Waals surface area (Å²) in [6.45, 7) is 0. The first-order chi connectivity index (χ1) is 3.71. The normalized spacial score (nSPS) is 22.1. The van der Waals surface area contributed by atoms with Crippen LogP contribution in [0.5, 0.6) is 0 Å². The summed E-state index contributed by atoms with van der Waals surface area (Å²) in [5.41, 5.74) is 0. The van der Waals surface area contributed by atoms with Gasteiger partial charge in [0.05, 0.1) is 0 Å². The summed E-state index contributed by atoms with van der Waals surface area (Å²) < 4.78 is -0.405. The molecule has 0 aromatic rings. The minimum absolute atomic E-state index is 0. The van der Waals surface area contributed by atoms with Gasteiger partial charge in [-0.15, -0.1) is 0 Å². The van der Waals surface area contributed by atoms with Crippen LogP contribution in [0.15, 0.2) is 0 Å². The second kappa shape index (κ2) is 5.11. The SMILES string of the molecule is O.O.O[C]1([Al])CCCCC1. The fraction of sp³-hybridized carbons (Fsp3) is 1.00. The second-order valence-electron chi connectivity index (χ2n) is 2.66. The van der Waals surface area contributed by atoms with Crippen LogP contribution in [0.2, 0.25) is 0 Å². The van der Waals surface area contributed by atoms with Gasteiger partial charge in [0, 0.05) is 0 Å². The van der Waals surface area contributed by atoms with E-state index < -0.39 is 4.46 Å². The molecule has 0 saturated heterocycles. The zero-order valence-electron chi connectivity index (χ0n) is 6.06. The van der Waals surface area contributed by atoms with Gasteiger partial charge in [0.25, 0.3) is 0 Å². The van der Waals surface area contributed by atoms with Gasteiger partial charge in [0.1, 0.15) is 0 Å². The van der Waals surface area contributed by atoms with Crippen molar-refractivity contribution in [1.29, 1.82) is 0 Å². The van der Waals surface area contributed by atoms with Crippen molar-refractivity contribution in [3.05, 3.63) is 0 Å². The third-order valence-corrected chi connectivity index (χ3v) is 2.30. The molecule has 1 rings (SSSR count). The topological polar surface area (TPSA) is 83.2 Å². The third kappa shape index (κ3) is 4.26. The Kier molecular flexibility index (Phi) is 6.67. The first kappa shape index (κ1) is 13.0. The van der Waals surface area contributed by atoms with Gasteiger partial charge in [-0.1, -0.05) is 19.3 Å². The summed E-state index contributed by atoms with van der Waals surface area (Å²) in [4.78, 5) is 0. The highest BCUT2D eigenvalue weighted by Crippen LogP contribution is 2.24. The molecule has 0 aliphatic heterocycles. The van der Waals surface area contributed by atoms with E-state index >= 15 is 0 Å². The number of rotatable bonds is 0. The number of hydrogen-bond acceptors (Lipinski definition) is 1. The molecule has 0 atom stereocenters. The highest BCUT2D eigenvalue weighted by Gasteiger charge is 2.20. The maximum Gasteiger partial charge on any atom is 0.176 e.